The van der Waals surface area contributed by atoms with Crippen molar-refractivity contribution in [1.29, 1.82) is 0 Å². The van der Waals surface area contributed by atoms with Crippen LogP contribution in [0.25, 0.3) is 0 Å². The first-order valence-electron chi connectivity index (χ1n) is 4.58. The highest BCUT2D eigenvalue weighted by molar-refractivity contribution is 5.59. The van der Waals surface area contributed by atoms with Gasteiger partial charge in [-0.2, -0.15) is 0 Å². The van der Waals surface area contributed by atoms with Crippen molar-refractivity contribution in [2.45, 2.75) is 12.6 Å². The first-order valence-corrected chi connectivity index (χ1v) is 4.58. The molecule has 0 bridgehead atoms. The molecule has 0 aliphatic carbocycles. The fourth-order valence-electron chi connectivity index (χ4n) is 0.778. The molecule has 96 valence electrons. The van der Waals surface area contributed by atoms with Gasteiger partial charge in [-0.25, -0.2) is 4.79 Å². The molecule has 0 spiro atoms. The summed E-state index contributed by atoms with van der Waals surface area (Å²) in [6.45, 7) is -0.0903. The maximum atomic E-state index is 11.0. The van der Waals surface area contributed by atoms with Crippen LogP contribution in [0.4, 0.5) is 4.79 Å². The van der Waals surface area contributed by atoms with E-state index in [2.05, 4.69) is 0 Å². The van der Waals surface area contributed by atoms with Gasteiger partial charge >= 0.3 is 6.16 Å². The molecule has 0 saturated heterocycles. The van der Waals surface area contributed by atoms with Gasteiger partial charge in [-0.15, -0.1) is 0 Å². The average molecular weight is 238 g/mol. The first-order chi connectivity index (χ1) is 7.67. The molecule has 0 atom stereocenters. The van der Waals surface area contributed by atoms with Crippen molar-refractivity contribution >= 4 is 6.16 Å². The predicted octanol–water partition coefficient (Wildman–Crippen LogP) is 0.377. The molecule has 0 aliphatic heterocycles. The van der Waals surface area contributed by atoms with Crippen molar-refractivity contribution in [3.63, 3.8) is 0 Å². The van der Waals surface area contributed by atoms with Gasteiger partial charge in [-0.3, -0.25) is 0 Å². The molecule has 0 fully saturated rings. The number of carbonyl (C=O) groups excluding carboxylic acids is 1. The molecule has 0 amide bonds. The van der Waals surface area contributed by atoms with E-state index in [1.807, 2.05) is 0 Å². The number of methoxy groups -OCH3 is 4. The third-order valence-corrected chi connectivity index (χ3v) is 1.73. The van der Waals surface area contributed by atoms with E-state index in [9.17, 15) is 4.79 Å². The van der Waals surface area contributed by atoms with Crippen molar-refractivity contribution in [3.8, 4) is 0 Å². The van der Waals surface area contributed by atoms with Crippen LogP contribution in [0.1, 0.15) is 0 Å². The highest BCUT2D eigenvalue weighted by Gasteiger charge is 2.13. The third-order valence-electron chi connectivity index (χ3n) is 1.73. The van der Waals surface area contributed by atoms with Crippen LogP contribution in [-0.2, 0) is 28.4 Å². The Morgan fingerprint density at radius 3 is 1.38 bits per heavy atom. The molecule has 0 aromatic heterocycles. The van der Waals surface area contributed by atoms with Crippen LogP contribution in [0.15, 0.2) is 0 Å². The monoisotopic (exact) mass is 238 g/mol. The fourth-order valence-corrected chi connectivity index (χ4v) is 0.778. The van der Waals surface area contributed by atoms with E-state index in [-0.39, 0.29) is 13.2 Å². The zero-order valence-corrected chi connectivity index (χ0v) is 9.93. The van der Waals surface area contributed by atoms with Crippen LogP contribution in [0.5, 0.6) is 0 Å². The highest BCUT2D eigenvalue weighted by atomic mass is 16.8. The van der Waals surface area contributed by atoms with Gasteiger partial charge in [0, 0.05) is 28.4 Å². The Morgan fingerprint density at radius 2 is 1.12 bits per heavy atom. The number of ether oxygens (including phenoxy) is 6. The van der Waals surface area contributed by atoms with Crippen molar-refractivity contribution in [2.75, 3.05) is 41.7 Å². The molecular formula is C9H18O7. The second kappa shape index (κ2) is 9.34. The molecule has 0 rings (SSSR count). The first kappa shape index (κ1) is 15.1. The van der Waals surface area contributed by atoms with Crippen molar-refractivity contribution in [3.05, 3.63) is 0 Å². The number of rotatable bonds is 8. The summed E-state index contributed by atoms with van der Waals surface area (Å²) in [6.07, 6.45) is -2.04. The Labute approximate surface area is 94.5 Å². The second-order valence-electron chi connectivity index (χ2n) is 2.67. The maximum Gasteiger partial charge on any atom is 0.508 e. The van der Waals surface area contributed by atoms with Gasteiger partial charge in [-0.1, -0.05) is 0 Å². The molecule has 0 heterocycles. The van der Waals surface area contributed by atoms with Gasteiger partial charge in [0.2, 0.25) is 0 Å². The standard InChI is InChI=1S/C9H18O7/c1-11-7(12-2)5-15-9(10)16-6-8(13-3)14-4/h7-8H,5-6H2,1-4H3. The minimum absolute atomic E-state index is 0.0452. The van der Waals surface area contributed by atoms with E-state index in [0.717, 1.165) is 0 Å². The highest BCUT2D eigenvalue weighted by Crippen LogP contribution is 1.97. The Hall–Kier alpha value is -0.890. The van der Waals surface area contributed by atoms with Crippen LogP contribution in [-0.4, -0.2) is 60.4 Å². The van der Waals surface area contributed by atoms with Crippen LogP contribution in [0, 0.1) is 0 Å². The summed E-state index contributed by atoms with van der Waals surface area (Å²) in [5, 5.41) is 0. The van der Waals surface area contributed by atoms with Gasteiger partial charge < -0.3 is 28.4 Å². The molecule has 0 unspecified atom stereocenters. The minimum atomic E-state index is -0.835. The Bertz CT molecular complexity index is 159. The third kappa shape index (κ3) is 6.57. The number of carbonyl (C=O) groups is 1. The normalized spacial score (nSPS) is 10.9. The quantitative estimate of drug-likeness (QED) is 0.447. The second-order valence-corrected chi connectivity index (χ2v) is 2.67. The predicted molar refractivity (Wildman–Crippen MR) is 52.9 cm³/mol. The topological polar surface area (TPSA) is 72.5 Å². The number of hydrogen-bond acceptors (Lipinski definition) is 7. The van der Waals surface area contributed by atoms with Gasteiger partial charge in [0.05, 0.1) is 0 Å². The van der Waals surface area contributed by atoms with E-state index in [1.165, 1.54) is 28.4 Å². The van der Waals surface area contributed by atoms with Gasteiger partial charge in [-0.05, 0) is 0 Å². The smallest absolute Gasteiger partial charge is 0.429 e. The maximum absolute atomic E-state index is 11.0. The van der Waals surface area contributed by atoms with Crippen LogP contribution >= 0.6 is 0 Å². The molecule has 7 heteroatoms. The summed E-state index contributed by atoms with van der Waals surface area (Å²) in [6, 6.07) is 0. The van der Waals surface area contributed by atoms with E-state index < -0.39 is 18.7 Å². The molecule has 0 radical (unpaired) electrons. The van der Waals surface area contributed by atoms with Crippen LogP contribution in [0.2, 0.25) is 0 Å². The summed E-state index contributed by atoms with van der Waals surface area (Å²) < 4.78 is 28.7. The zero-order valence-electron chi connectivity index (χ0n) is 9.93. The van der Waals surface area contributed by atoms with Crippen LogP contribution in [0.3, 0.4) is 0 Å². The van der Waals surface area contributed by atoms with E-state index in [4.69, 9.17) is 28.4 Å². The fraction of sp³-hybridized carbons (Fsp3) is 0.889. The minimum Gasteiger partial charge on any atom is -0.429 e. The zero-order chi connectivity index (χ0) is 12.4. The largest absolute Gasteiger partial charge is 0.508 e. The Balaban J connectivity index is 3.65. The molecule has 0 aliphatic rings. The molecular weight excluding hydrogens is 220 g/mol. The van der Waals surface area contributed by atoms with Crippen molar-refractivity contribution < 1.29 is 33.2 Å². The van der Waals surface area contributed by atoms with E-state index >= 15 is 0 Å². The lowest BCUT2D eigenvalue weighted by Gasteiger charge is -2.15. The van der Waals surface area contributed by atoms with Crippen molar-refractivity contribution in [1.82, 2.24) is 0 Å². The molecule has 16 heavy (non-hydrogen) atoms. The van der Waals surface area contributed by atoms with E-state index in [1.54, 1.807) is 0 Å². The lowest BCUT2D eigenvalue weighted by Crippen LogP contribution is -2.26. The van der Waals surface area contributed by atoms with E-state index in [0.29, 0.717) is 0 Å². The van der Waals surface area contributed by atoms with Gasteiger partial charge in [0.25, 0.3) is 0 Å². The SMILES string of the molecule is COC(COC(=O)OCC(OC)OC)OC. The number of hydrogen-bond donors (Lipinski definition) is 0. The molecule has 7 nitrogen and oxygen atoms in total. The lowest BCUT2D eigenvalue weighted by molar-refractivity contribution is -0.148. The summed E-state index contributed by atoms with van der Waals surface area (Å²) in [4.78, 5) is 11.0. The van der Waals surface area contributed by atoms with Crippen LogP contribution < -0.4 is 0 Å². The summed E-state index contributed by atoms with van der Waals surface area (Å²) in [7, 11) is 5.76. The molecule has 0 N–H and O–H groups in total. The van der Waals surface area contributed by atoms with Gasteiger partial charge in [0.15, 0.2) is 12.6 Å². The Kier molecular flexibility index (Phi) is 8.82. The summed E-state index contributed by atoms with van der Waals surface area (Å²) in [5.74, 6) is 0. The lowest BCUT2D eigenvalue weighted by atomic mass is 10.7. The van der Waals surface area contributed by atoms with Gasteiger partial charge in [0.1, 0.15) is 13.2 Å². The van der Waals surface area contributed by atoms with Crippen molar-refractivity contribution in [2.24, 2.45) is 0 Å². The average Bonchev–Trinajstić information content (AvgIpc) is 2.31. The molecule has 0 aromatic carbocycles. The summed E-state index contributed by atoms with van der Waals surface area (Å²) in [5.41, 5.74) is 0. The molecule has 0 aromatic rings. The molecule has 0 saturated carbocycles. The Morgan fingerprint density at radius 1 is 0.812 bits per heavy atom. The summed E-state index contributed by atoms with van der Waals surface area (Å²) >= 11 is 0.